The van der Waals surface area contributed by atoms with Crippen molar-refractivity contribution in [2.45, 2.75) is 18.6 Å². The van der Waals surface area contributed by atoms with Gasteiger partial charge in [0.15, 0.2) is 6.61 Å². The third-order valence-corrected chi connectivity index (χ3v) is 3.69. The summed E-state index contributed by atoms with van der Waals surface area (Å²) >= 11 is 0. The Hall–Kier alpha value is -2.15. The van der Waals surface area contributed by atoms with E-state index < -0.39 is 12.2 Å². The van der Waals surface area contributed by atoms with Crippen LogP contribution < -0.4 is 10.1 Å². The van der Waals surface area contributed by atoms with Gasteiger partial charge in [-0.05, 0) is 18.2 Å². The molecule has 2 atom stereocenters. The molecule has 112 valence electrons. The van der Waals surface area contributed by atoms with Crippen molar-refractivity contribution in [1.29, 1.82) is 0 Å². The van der Waals surface area contributed by atoms with Crippen molar-refractivity contribution < 1.29 is 23.8 Å². The number of hydrogen-bond acceptors (Lipinski definition) is 4. The zero-order chi connectivity index (χ0) is 15.0. The van der Waals surface area contributed by atoms with E-state index in [2.05, 4.69) is 5.32 Å². The molecular weight excluding hydrogens is 279 g/mol. The van der Waals surface area contributed by atoms with Gasteiger partial charge in [-0.1, -0.05) is 0 Å². The Labute approximate surface area is 120 Å². The van der Waals surface area contributed by atoms with Crippen LogP contribution in [0.25, 0.3) is 0 Å². The number of nitrogens with zero attached hydrogens (tertiary/aromatic N) is 1. The Morgan fingerprint density at radius 2 is 2.33 bits per heavy atom. The van der Waals surface area contributed by atoms with Crippen molar-refractivity contribution in [3.05, 3.63) is 23.8 Å². The van der Waals surface area contributed by atoms with Gasteiger partial charge in [-0.3, -0.25) is 9.59 Å². The molecule has 0 bridgehead atoms. The van der Waals surface area contributed by atoms with Crippen LogP contribution in [0.5, 0.6) is 5.75 Å². The molecule has 21 heavy (non-hydrogen) atoms. The first-order chi connectivity index (χ1) is 10.1. The first kappa shape index (κ1) is 13.8. The van der Waals surface area contributed by atoms with Gasteiger partial charge in [0.25, 0.3) is 11.8 Å². The van der Waals surface area contributed by atoms with E-state index >= 15 is 0 Å². The smallest absolute Gasteiger partial charge is 0.262 e. The first-order valence-corrected chi connectivity index (χ1v) is 6.71. The number of benzene rings is 1. The molecule has 2 aliphatic heterocycles. The highest BCUT2D eigenvalue weighted by Crippen LogP contribution is 2.30. The van der Waals surface area contributed by atoms with Crippen LogP contribution in [0.1, 0.15) is 16.8 Å². The molecule has 0 spiro atoms. The summed E-state index contributed by atoms with van der Waals surface area (Å²) in [7, 11) is 0. The van der Waals surface area contributed by atoms with E-state index in [-0.39, 0.29) is 38.0 Å². The second kappa shape index (κ2) is 5.33. The maximum Gasteiger partial charge on any atom is 0.262 e. The van der Waals surface area contributed by atoms with E-state index in [4.69, 9.17) is 4.74 Å². The highest BCUT2D eigenvalue weighted by Gasteiger charge is 2.35. The maximum atomic E-state index is 13.4. The van der Waals surface area contributed by atoms with Gasteiger partial charge in [0.05, 0.1) is 24.9 Å². The van der Waals surface area contributed by atoms with Gasteiger partial charge in [0.2, 0.25) is 0 Å². The lowest BCUT2D eigenvalue weighted by atomic mass is 10.1. The summed E-state index contributed by atoms with van der Waals surface area (Å²) in [4.78, 5) is 25.0. The van der Waals surface area contributed by atoms with Crippen LogP contribution >= 0.6 is 0 Å². The van der Waals surface area contributed by atoms with Crippen molar-refractivity contribution in [2.24, 2.45) is 0 Å². The van der Waals surface area contributed by atoms with Crippen LogP contribution in [0, 0.1) is 0 Å². The molecule has 0 radical (unpaired) electrons. The summed E-state index contributed by atoms with van der Waals surface area (Å²) < 4.78 is 18.6. The number of alkyl halides is 1. The molecule has 0 aliphatic carbocycles. The lowest BCUT2D eigenvalue weighted by molar-refractivity contribution is -0.118. The number of aliphatic hydroxyl groups is 1. The van der Waals surface area contributed by atoms with E-state index in [1.165, 1.54) is 11.0 Å². The largest absolute Gasteiger partial charge is 0.482 e. The Kier molecular flexibility index (Phi) is 3.50. The summed E-state index contributed by atoms with van der Waals surface area (Å²) in [5, 5.41) is 11.9. The molecule has 0 aromatic heterocycles. The van der Waals surface area contributed by atoms with Crippen molar-refractivity contribution in [2.75, 3.05) is 25.1 Å². The number of halogens is 1. The summed E-state index contributed by atoms with van der Waals surface area (Å²) in [5.41, 5.74) is 0.751. The molecule has 7 heteroatoms. The fraction of sp³-hybridized carbons (Fsp3) is 0.429. The van der Waals surface area contributed by atoms with Gasteiger partial charge in [-0.2, -0.15) is 0 Å². The molecule has 1 fully saturated rings. The van der Waals surface area contributed by atoms with Crippen LogP contribution in [0.3, 0.4) is 0 Å². The Bertz CT molecular complexity index is 592. The molecule has 2 N–H and O–H groups in total. The summed E-state index contributed by atoms with van der Waals surface area (Å²) in [6.45, 7) is -0.344. The Balaban J connectivity index is 1.85. The summed E-state index contributed by atoms with van der Waals surface area (Å²) in [5.74, 6) is -0.156. The minimum absolute atomic E-state index is 0.0238. The van der Waals surface area contributed by atoms with Gasteiger partial charge >= 0.3 is 0 Å². The number of nitrogens with one attached hydrogen (secondary N) is 1. The zero-order valence-corrected chi connectivity index (χ0v) is 11.2. The van der Waals surface area contributed by atoms with Crippen LogP contribution in [0.4, 0.5) is 10.1 Å². The normalized spacial score (nSPS) is 24.3. The molecular formula is C14H15FN2O4. The lowest BCUT2D eigenvalue weighted by Gasteiger charge is -2.24. The topological polar surface area (TPSA) is 78.9 Å². The SMILES string of the molecule is O=C1COc2ccc(C(=O)N3C[C@@H](F)C[C@H]3CO)cc2N1. The third kappa shape index (κ3) is 2.56. The Morgan fingerprint density at radius 1 is 1.52 bits per heavy atom. The van der Waals surface area contributed by atoms with Gasteiger partial charge < -0.3 is 20.1 Å². The van der Waals surface area contributed by atoms with Crippen molar-refractivity contribution >= 4 is 17.5 Å². The summed E-state index contributed by atoms with van der Waals surface area (Å²) in [6.07, 6.45) is -0.973. The zero-order valence-electron chi connectivity index (χ0n) is 11.2. The van der Waals surface area contributed by atoms with Crippen LogP contribution in [0.15, 0.2) is 18.2 Å². The number of aliphatic hydroxyl groups excluding tert-OH is 1. The molecule has 6 nitrogen and oxygen atoms in total. The molecule has 1 aromatic rings. The lowest BCUT2D eigenvalue weighted by Crippen LogP contribution is -2.38. The monoisotopic (exact) mass is 294 g/mol. The molecule has 3 rings (SSSR count). The summed E-state index contributed by atoms with van der Waals surface area (Å²) in [6, 6.07) is 4.17. The van der Waals surface area contributed by atoms with E-state index in [0.717, 1.165) is 0 Å². The number of anilines is 1. The minimum atomic E-state index is -1.12. The molecule has 2 aliphatic rings. The van der Waals surface area contributed by atoms with E-state index in [0.29, 0.717) is 17.0 Å². The second-order valence-electron chi connectivity index (χ2n) is 5.17. The van der Waals surface area contributed by atoms with Gasteiger partial charge in [0, 0.05) is 12.0 Å². The molecule has 2 heterocycles. The average Bonchev–Trinajstić information content (AvgIpc) is 2.86. The van der Waals surface area contributed by atoms with E-state index in [1.54, 1.807) is 12.1 Å². The predicted octanol–water partition coefficient (Wildman–Crippen LogP) is 0.562. The van der Waals surface area contributed by atoms with Crippen LogP contribution in [-0.2, 0) is 4.79 Å². The van der Waals surface area contributed by atoms with Crippen LogP contribution in [0.2, 0.25) is 0 Å². The number of carbonyl (C=O) groups is 2. The standard InChI is InChI=1S/C14H15FN2O4/c15-9-4-10(6-18)17(5-9)14(20)8-1-2-12-11(3-8)16-13(19)7-21-12/h1-3,9-10,18H,4-7H2,(H,16,19)/t9-,10-/m0/s1. The van der Waals surface area contributed by atoms with Gasteiger partial charge in [-0.15, -0.1) is 0 Å². The van der Waals surface area contributed by atoms with E-state index in [1.807, 2.05) is 0 Å². The van der Waals surface area contributed by atoms with Crippen molar-refractivity contribution in [1.82, 2.24) is 4.90 Å². The highest BCUT2D eigenvalue weighted by atomic mass is 19.1. The molecule has 2 amide bonds. The molecule has 0 unspecified atom stereocenters. The number of fused-ring (bicyclic) bond motifs is 1. The van der Waals surface area contributed by atoms with Crippen molar-refractivity contribution in [3.63, 3.8) is 0 Å². The average molecular weight is 294 g/mol. The highest BCUT2D eigenvalue weighted by molar-refractivity contribution is 6.00. The number of hydrogen-bond donors (Lipinski definition) is 2. The molecule has 1 saturated heterocycles. The number of rotatable bonds is 2. The second-order valence-corrected chi connectivity index (χ2v) is 5.17. The van der Waals surface area contributed by atoms with Gasteiger partial charge in [0.1, 0.15) is 11.9 Å². The Morgan fingerprint density at radius 3 is 3.10 bits per heavy atom. The minimum Gasteiger partial charge on any atom is -0.482 e. The molecule has 1 aromatic carbocycles. The number of likely N-dealkylation sites (tertiary alicyclic amines) is 1. The van der Waals surface area contributed by atoms with E-state index in [9.17, 15) is 19.1 Å². The number of amides is 2. The first-order valence-electron chi connectivity index (χ1n) is 6.71. The third-order valence-electron chi connectivity index (χ3n) is 3.69. The predicted molar refractivity (Wildman–Crippen MR) is 72.0 cm³/mol. The fourth-order valence-electron chi connectivity index (χ4n) is 2.66. The number of ether oxygens (including phenoxy) is 1. The fourth-order valence-corrected chi connectivity index (χ4v) is 2.66. The van der Waals surface area contributed by atoms with Gasteiger partial charge in [-0.25, -0.2) is 4.39 Å². The number of carbonyl (C=O) groups excluding carboxylic acids is 2. The van der Waals surface area contributed by atoms with Crippen LogP contribution in [-0.4, -0.2) is 53.8 Å². The maximum absolute atomic E-state index is 13.4. The van der Waals surface area contributed by atoms with Crippen molar-refractivity contribution in [3.8, 4) is 5.75 Å². The molecule has 0 saturated carbocycles. The quantitative estimate of drug-likeness (QED) is 0.835.